The number of halogens is 1. The van der Waals surface area contributed by atoms with E-state index in [1.54, 1.807) is 13.0 Å². The van der Waals surface area contributed by atoms with Gasteiger partial charge in [-0.3, -0.25) is 0 Å². The van der Waals surface area contributed by atoms with E-state index in [1.165, 1.54) is 0 Å². The Bertz CT molecular complexity index is 322. The number of aryl methyl sites for hydroxylation is 1. The van der Waals surface area contributed by atoms with Crippen LogP contribution >= 0.6 is 0 Å². The molecule has 0 aliphatic heterocycles. The molecule has 2 N–H and O–H groups in total. The van der Waals surface area contributed by atoms with Gasteiger partial charge >= 0.3 is 0 Å². The Morgan fingerprint density at radius 1 is 1.54 bits per heavy atom. The molecule has 0 saturated heterocycles. The average Bonchev–Trinajstić information content (AvgIpc) is 2.89. The van der Waals surface area contributed by atoms with Crippen LogP contribution in [0.5, 0.6) is 0 Å². The highest BCUT2D eigenvalue weighted by molar-refractivity contribution is 5.31. The normalized spacial score (nSPS) is 26.1. The highest BCUT2D eigenvalue weighted by Crippen LogP contribution is 2.47. The van der Waals surface area contributed by atoms with Gasteiger partial charge in [-0.2, -0.15) is 0 Å². The molecule has 1 aromatic carbocycles. The van der Waals surface area contributed by atoms with E-state index < -0.39 is 0 Å². The van der Waals surface area contributed by atoms with Gasteiger partial charge in [-0.05, 0) is 42.9 Å². The van der Waals surface area contributed by atoms with Crippen LogP contribution in [0.4, 0.5) is 4.39 Å². The molecule has 1 nitrogen and oxygen atoms in total. The molecule has 2 unspecified atom stereocenters. The van der Waals surface area contributed by atoms with Crippen molar-refractivity contribution in [1.29, 1.82) is 0 Å². The Kier molecular flexibility index (Phi) is 2.08. The van der Waals surface area contributed by atoms with Crippen molar-refractivity contribution in [2.75, 3.05) is 6.54 Å². The quantitative estimate of drug-likeness (QED) is 0.740. The van der Waals surface area contributed by atoms with Crippen LogP contribution in [0.2, 0.25) is 0 Å². The molecule has 2 rings (SSSR count). The molecule has 1 fully saturated rings. The zero-order valence-corrected chi connectivity index (χ0v) is 7.76. The fourth-order valence-corrected chi connectivity index (χ4v) is 1.85. The molecule has 70 valence electrons. The van der Waals surface area contributed by atoms with Gasteiger partial charge in [0, 0.05) is 0 Å². The Labute approximate surface area is 77.8 Å². The lowest BCUT2D eigenvalue weighted by Crippen LogP contribution is -2.03. The van der Waals surface area contributed by atoms with Crippen molar-refractivity contribution >= 4 is 0 Å². The molecule has 1 aliphatic carbocycles. The van der Waals surface area contributed by atoms with Gasteiger partial charge in [0.25, 0.3) is 0 Å². The lowest BCUT2D eigenvalue weighted by atomic mass is 10.1. The van der Waals surface area contributed by atoms with Crippen molar-refractivity contribution in [2.45, 2.75) is 19.3 Å². The van der Waals surface area contributed by atoms with E-state index in [0.29, 0.717) is 18.4 Å². The monoisotopic (exact) mass is 179 g/mol. The second kappa shape index (κ2) is 3.11. The first-order chi connectivity index (χ1) is 6.24. The van der Waals surface area contributed by atoms with Crippen LogP contribution in [-0.4, -0.2) is 6.54 Å². The third kappa shape index (κ3) is 1.46. The fraction of sp³-hybridized carbons (Fsp3) is 0.455. The van der Waals surface area contributed by atoms with Crippen LogP contribution in [0.25, 0.3) is 0 Å². The van der Waals surface area contributed by atoms with Gasteiger partial charge in [0.15, 0.2) is 0 Å². The van der Waals surface area contributed by atoms with E-state index in [2.05, 4.69) is 0 Å². The van der Waals surface area contributed by atoms with Crippen LogP contribution in [0, 0.1) is 18.7 Å². The third-order valence-electron chi connectivity index (χ3n) is 2.85. The SMILES string of the molecule is Cc1cccc(C2CC2CN)c1F. The summed E-state index contributed by atoms with van der Waals surface area (Å²) in [5, 5.41) is 0. The molecule has 1 aliphatic rings. The van der Waals surface area contributed by atoms with Gasteiger partial charge in [-0.15, -0.1) is 0 Å². The van der Waals surface area contributed by atoms with Crippen LogP contribution in [0.3, 0.4) is 0 Å². The van der Waals surface area contributed by atoms with Gasteiger partial charge in [-0.1, -0.05) is 18.2 Å². The number of hydrogen-bond donors (Lipinski definition) is 1. The minimum Gasteiger partial charge on any atom is -0.330 e. The zero-order valence-electron chi connectivity index (χ0n) is 7.76. The van der Waals surface area contributed by atoms with Crippen LogP contribution in [-0.2, 0) is 0 Å². The Balaban J connectivity index is 2.27. The van der Waals surface area contributed by atoms with Gasteiger partial charge in [0.2, 0.25) is 0 Å². The maximum atomic E-state index is 13.6. The van der Waals surface area contributed by atoms with Crippen LogP contribution < -0.4 is 5.73 Å². The first kappa shape index (κ1) is 8.70. The van der Waals surface area contributed by atoms with Gasteiger partial charge in [0.05, 0.1) is 0 Å². The summed E-state index contributed by atoms with van der Waals surface area (Å²) in [6.45, 7) is 2.48. The summed E-state index contributed by atoms with van der Waals surface area (Å²) < 4.78 is 13.6. The van der Waals surface area contributed by atoms with Crippen molar-refractivity contribution in [3.05, 3.63) is 35.1 Å². The van der Waals surface area contributed by atoms with Crippen LogP contribution in [0.1, 0.15) is 23.5 Å². The summed E-state index contributed by atoms with van der Waals surface area (Å²) in [6.07, 6.45) is 1.05. The summed E-state index contributed by atoms with van der Waals surface area (Å²) in [5.74, 6) is 0.852. The largest absolute Gasteiger partial charge is 0.330 e. The second-order valence-electron chi connectivity index (χ2n) is 3.82. The molecule has 1 aromatic rings. The van der Waals surface area contributed by atoms with Gasteiger partial charge in [0.1, 0.15) is 5.82 Å². The molecule has 0 amide bonds. The van der Waals surface area contributed by atoms with Crippen molar-refractivity contribution in [3.63, 3.8) is 0 Å². The first-order valence-electron chi connectivity index (χ1n) is 4.69. The molecule has 0 bridgehead atoms. The summed E-state index contributed by atoms with van der Waals surface area (Å²) in [6, 6.07) is 5.60. The highest BCUT2D eigenvalue weighted by Gasteiger charge is 2.38. The minimum atomic E-state index is -0.0385. The summed E-state index contributed by atoms with van der Waals surface area (Å²) >= 11 is 0. The van der Waals surface area contributed by atoms with E-state index in [9.17, 15) is 4.39 Å². The number of benzene rings is 1. The third-order valence-corrected chi connectivity index (χ3v) is 2.85. The molecule has 13 heavy (non-hydrogen) atoms. The smallest absolute Gasteiger partial charge is 0.129 e. The number of rotatable bonds is 2. The summed E-state index contributed by atoms with van der Waals surface area (Å²) in [5.41, 5.74) is 7.12. The number of nitrogens with two attached hydrogens (primary N) is 1. The van der Waals surface area contributed by atoms with E-state index in [0.717, 1.165) is 17.5 Å². The molecule has 0 radical (unpaired) electrons. The molecule has 1 saturated carbocycles. The van der Waals surface area contributed by atoms with Crippen molar-refractivity contribution in [1.82, 2.24) is 0 Å². The molecule has 0 heterocycles. The second-order valence-corrected chi connectivity index (χ2v) is 3.82. The Morgan fingerprint density at radius 3 is 2.92 bits per heavy atom. The molecule has 0 aromatic heterocycles. The average molecular weight is 179 g/mol. The molecule has 2 atom stereocenters. The predicted molar refractivity (Wildman–Crippen MR) is 51.0 cm³/mol. The van der Waals surface area contributed by atoms with Crippen molar-refractivity contribution < 1.29 is 4.39 Å². The van der Waals surface area contributed by atoms with Crippen LogP contribution in [0.15, 0.2) is 18.2 Å². The maximum Gasteiger partial charge on any atom is 0.129 e. The van der Waals surface area contributed by atoms with Gasteiger partial charge in [-0.25, -0.2) is 4.39 Å². The van der Waals surface area contributed by atoms with E-state index in [-0.39, 0.29) is 5.82 Å². The lowest BCUT2D eigenvalue weighted by molar-refractivity contribution is 0.597. The van der Waals surface area contributed by atoms with Crippen molar-refractivity contribution in [3.8, 4) is 0 Å². The maximum absolute atomic E-state index is 13.6. The topological polar surface area (TPSA) is 26.0 Å². The van der Waals surface area contributed by atoms with E-state index in [1.807, 2.05) is 12.1 Å². The molecule has 0 spiro atoms. The molecular formula is C11H14FN. The summed E-state index contributed by atoms with van der Waals surface area (Å²) in [7, 11) is 0. The molecule has 2 heteroatoms. The minimum absolute atomic E-state index is 0.0385. The number of hydrogen-bond acceptors (Lipinski definition) is 1. The van der Waals surface area contributed by atoms with Crippen molar-refractivity contribution in [2.24, 2.45) is 11.7 Å². The molecular weight excluding hydrogens is 165 g/mol. The van der Waals surface area contributed by atoms with E-state index in [4.69, 9.17) is 5.73 Å². The lowest BCUT2D eigenvalue weighted by Gasteiger charge is -2.03. The fourth-order valence-electron chi connectivity index (χ4n) is 1.85. The Morgan fingerprint density at radius 2 is 2.31 bits per heavy atom. The highest BCUT2D eigenvalue weighted by atomic mass is 19.1. The Hall–Kier alpha value is -0.890. The standard InChI is InChI=1S/C11H14FN/c1-7-3-2-4-9(11(7)12)10-5-8(10)6-13/h2-4,8,10H,5-6,13H2,1H3. The van der Waals surface area contributed by atoms with Gasteiger partial charge < -0.3 is 5.73 Å². The summed E-state index contributed by atoms with van der Waals surface area (Å²) in [4.78, 5) is 0. The zero-order chi connectivity index (χ0) is 9.42. The van der Waals surface area contributed by atoms with E-state index >= 15 is 0 Å². The first-order valence-corrected chi connectivity index (χ1v) is 4.69. The predicted octanol–water partition coefficient (Wildman–Crippen LogP) is 2.20.